The topological polar surface area (TPSA) is 74.7 Å². The number of benzene rings is 1. The maximum atomic E-state index is 12.6. The summed E-state index contributed by atoms with van der Waals surface area (Å²) in [5, 5.41) is 8.70. The molecule has 1 aromatic rings. The molecule has 0 radical (unpaired) electrons. The Morgan fingerprint density at radius 2 is 2.19 bits per heavy atom. The highest BCUT2D eigenvalue weighted by atomic mass is 79.9. The SMILES string of the molecule is Cc1cc(S(=O)(=O)N2CCC(CCC(=O)O)C2)ccc1Br. The lowest BCUT2D eigenvalue weighted by molar-refractivity contribution is -0.137. The molecule has 1 unspecified atom stereocenters. The standard InChI is InChI=1S/C14H18BrNO4S/c1-10-8-12(3-4-13(10)15)21(19,20)16-7-6-11(9-16)2-5-14(17)18/h3-4,8,11H,2,5-7,9H2,1H3,(H,17,18). The first kappa shape index (κ1) is 16.5. The Hall–Kier alpha value is -0.920. The number of rotatable bonds is 5. The Morgan fingerprint density at radius 3 is 2.81 bits per heavy atom. The number of aliphatic carboxylic acids is 1. The fourth-order valence-electron chi connectivity index (χ4n) is 2.51. The van der Waals surface area contributed by atoms with E-state index in [1.807, 2.05) is 6.92 Å². The molecule has 0 saturated carbocycles. The summed E-state index contributed by atoms with van der Waals surface area (Å²) in [7, 11) is -3.48. The van der Waals surface area contributed by atoms with Crippen molar-refractivity contribution in [2.45, 2.75) is 31.1 Å². The molecule has 0 bridgehead atoms. The third-order valence-electron chi connectivity index (χ3n) is 3.78. The molecule has 1 fully saturated rings. The third-order valence-corrected chi connectivity index (χ3v) is 6.53. The number of nitrogens with zero attached hydrogens (tertiary/aromatic N) is 1. The van der Waals surface area contributed by atoms with E-state index in [-0.39, 0.29) is 12.3 Å². The number of halogens is 1. The summed E-state index contributed by atoms with van der Waals surface area (Å²) in [5.41, 5.74) is 0.873. The molecule has 1 aliphatic rings. The third kappa shape index (κ3) is 3.84. The van der Waals surface area contributed by atoms with Crippen molar-refractivity contribution in [2.24, 2.45) is 5.92 Å². The van der Waals surface area contributed by atoms with Gasteiger partial charge < -0.3 is 5.11 Å². The lowest BCUT2D eigenvalue weighted by atomic mass is 10.0. The first-order valence-corrected chi connectivity index (χ1v) is 9.02. The Labute approximate surface area is 133 Å². The first-order valence-electron chi connectivity index (χ1n) is 6.79. The first-order chi connectivity index (χ1) is 9.80. The summed E-state index contributed by atoms with van der Waals surface area (Å²) >= 11 is 3.36. The van der Waals surface area contributed by atoms with Crippen molar-refractivity contribution in [3.8, 4) is 0 Å². The average molecular weight is 376 g/mol. The van der Waals surface area contributed by atoms with Gasteiger partial charge >= 0.3 is 5.97 Å². The van der Waals surface area contributed by atoms with E-state index < -0.39 is 16.0 Å². The molecule has 1 N–H and O–H groups in total. The summed E-state index contributed by atoms with van der Waals surface area (Å²) in [6.07, 6.45) is 1.35. The fourth-order valence-corrected chi connectivity index (χ4v) is 4.37. The van der Waals surface area contributed by atoms with Crippen molar-refractivity contribution in [3.05, 3.63) is 28.2 Å². The molecular formula is C14H18BrNO4S. The summed E-state index contributed by atoms with van der Waals surface area (Å²) in [5.74, 6) is -0.702. The lowest BCUT2D eigenvalue weighted by Gasteiger charge is -2.17. The lowest BCUT2D eigenvalue weighted by Crippen LogP contribution is -2.29. The van der Waals surface area contributed by atoms with Gasteiger partial charge in [-0.2, -0.15) is 4.31 Å². The van der Waals surface area contributed by atoms with E-state index in [1.54, 1.807) is 18.2 Å². The van der Waals surface area contributed by atoms with Crippen LogP contribution in [0.15, 0.2) is 27.6 Å². The van der Waals surface area contributed by atoms with E-state index >= 15 is 0 Å². The smallest absolute Gasteiger partial charge is 0.303 e. The second-order valence-electron chi connectivity index (χ2n) is 5.36. The molecule has 1 aromatic carbocycles. The van der Waals surface area contributed by atoms with Crippen LogP contribution in [0.2, 0.25) is 0 Å². The molecule has 7 heteroatoms. The van der Waals surface area contributed by atoms with E-state index in [4.69, 9.17) is 5.11 Å². The van der Waals surface area contributed by atoms with Crippen LogP contribution in [-0.4, -0.2) is 36.9 Å². The second kappa shape index (κ2) is 6.46. The second-order valence-corrected chi connectivity index (χ2v) is 8.15. The fraction of sp³-hybridized carbons (Fsp3) is 0.500. The molecule has 1 atom stereocenters. The van der Waals surface area contributed by atoms with Gasteiger partial charge in [-0.15, -0.1) is 0 Å². The van der Waals surface area contributed by atoms with E-state index in [9.17, 15) is 13.2 Å². The minimum Gasteiger partial charge on any atom is -0.481 e. The van der Waals surface area contributed by atoms with Gasteiger partial charge in [0, 0.05) is 24.0 Å². The molecule has 0 aliphatic carbocycles. The maximum Gasteiger partial charge on any atom is 0.303 e. The Balaban J connectivity index is 2.10. The van der Waals surface area contributed by atoms with Crippen molar-refractivity contribution in [3.63, 3.8) is 0 Å². The van der Waals surface area contributed by atoms with Crippen LogP contribution >= 0.6 is 15.9 Å². The molecule has 1 aliphatic heterocycles. The van der Waals surface area contributed by atoms with Gasteiger partial charge in [-0.3, -0.25) is 4.79 Å². The minimum atomic E-state index is -3.48. The van der Waals surface area contributed by atoms with E-state index in [0.29, 0.717) is 24.4 Å². The zero-order chi connectivity index (χ0) is 15.6. The van der Waals surface area contributed by atoms with Crippen molar-refractivity contribution in [1.29, 1.82) is 0 Å². The number of sulfonamides is 1. The molecule has 0 amide bonds. The number of carbonyl (C=O) groups is 1. The number of hydrogen-bond acceptors (Lipinski definition) is 3. The van der Waals surface area contributed by atoms with Crippen LogP contribution in [-0.2, 0) is 14.8 Å². The molecule has 0 spiro atoms. The maximum absolute atomic E-state index is 12.6. The summed E-state index contributed by atoms with van der Waals surface area (Å²) < 4.78 is 27.5. The van der Waals surface area contributed by atoms with Gasteiger partial charge in [-0.25, -0.2) is 8.42 Å². The van der Waals surface area contributed by atoms with Crippen LogP contribution in [0.5, 0.6) is 0 Å². The zero-order valence-electron chi connectivity index (χ0n) is 11.8. The normalized spacial score (nSPS) is 19.8. The highest BCUT2D eigenvalue weighted by Crippen LogP contribution is 2.28. The van der Waals surface area contributed by atoms with Crippen LogP contribution < -0.4 is 0 Å². The molecule has 0 aromatic heterocycles. The molecule has 1 heterocycles. The summed E-state index contributed by atoms with van der Waals surface area (Å²) in [6, 6.07) is 4.99. The van der Waals surface area contributed by atoms with Crippen molar-refractivity contribution in [2.75, 3.05) is 13.1 Å². The van der Waals surface area contributed by atoms with Gasteiger partial charge in [0.15, 0.2) is 0 Å². The molecule has 116 valence electrons. The predicted molar refractivity (Wildman–Crippen MR) is 82.6 cm³/mol. The molecule has 21 heavy (non-hydrogen) atoms. The van der Waals surface area contributed by atoms with Gasteiger partial charge in [0.25, 0.3) is 0 Å². The van der Waals surface area contributed by atoms with Crippen LogP contribution in [0.25, 0.3) is 0 Å². The van der Waals surface area contributed by atoms with Crippen LogP contribution in [0.4, 0.5) is 0 Å². The molecule has 5 nitrogen and oxygen atoms in total. The zero-order valence-corrected chi connectivity index (χ0v) is 14.2. The van der Waals surface area contributed by atoms with E-state index in [2.05, 4.69) is 15.9 Å². The largest absolute Gasteiger partial charge is 0.481 e. The molecule has 2 rings (SSSR count). The Kier molecular flexibility index (Phi) is 5.06. The van der Waals surface area contributed by atoms with Gasteiger partial charge in [0.1, 0.15) is 0 Å². The van der Waals surface area contributed by atoms with Gasteiger partial charge in [-0.05, 0) is 49.4 Å². The molecule has 1 saturated heterocycles. The van der Waals surface area contributed by atoms with Crippen molar-refractivity contribution < 1.29 is 18.3 Å². The van der Waals surface area contributed by atoms with Gasteiger partial charge in [-0.1, -0.05) is 15.9 Å². The summed E-state index contributed by atoms with van der Waals surface area (Å²) in [4.78, 5) is 10.9. The van der Waals surface area contributed by atoms with Crippen LogP contribution in [0.3, 0.4) is 0 Å². The average Bonchev–Trinajstić information content (AvgIpc) is 2.89. The number of carboxylic acid groups (broad SMARTS) is 1. The van der Waals surface area contributed by atoms with E-state index in [0.717, 1.165) is 16.5 Å². The van der Waals surface area contributed by atoms with Crippen LogP contribution in [0, 0.1) is 12.8 Å². The van der Waals surface area contributed by atoms with Gasteiger partial charge in [0.2, 0.25) is 10.0 Å². The number of aryl methyl sites for hydroxylation is 1. The summed E-state index contributed by atoms with van der Waals surface area (Å²) in [6.45, 7) is 2.72. The minimum absolute atomic E-state index is 0.0932. The van der Waals surface area contributed by atoms with E-state index in [1.165, 1.54) is 4.31 Å². The molecular weight excluding hydrogens is 358 g/mol. The Bertz CT molecular complexity index is 644. The number of carboxylic acids is 1. The van der Waals surface area contributed by atoms with Crippen LogP contribution in [0.1, 0.15) is 24.8 Å². The van der Waals surface area contributed by atoms with Crippen molar-refractivity contribution in [1.82, 2.24) is 4.31 Å². The number of hydrogen-bond donors (Lipinski definition) is 1. The highest BCUT2D eigenvalue weighted by molar-refractivity contribution is 9.10. The monoisotopic (exact) mass is 375 g/mol. The Morgan fingerprint density at radius 1 is 1.48 bits per heavy atom. The quantitative estimate of drug-likeness (QED) is 0.857. The predicted octanol–water partition coefficient (Wildman–Crippen LogP) is 2.63. The van der Waals surface area contributed by atoms with Crippen molar-refractivity contribution >= 4 is 31.9 Å². The highest BCUT2D eigenvalue weighted by Gasteiger charge is 2.32. The van der Waals surface area contributed by atoms with Gasteiger partial charge in [0.05, 0.1) is 4.90 Å².